The van der Waals surface area contributed by atoms with Gasteiger partial charge in [0.15, 0.2) is 0 Å². The highest BCUT2D eigenvalue weighted by atomic mass is 31.2. The molecule has 0 saturated heterocycles. The number of quaternary nitrogens is 1. The highest BCUT2D eigenvalue weighted by molar-refractivity contribution is 7.45. The number of hydrogen-bond acceptors (Lipinski definition) is 6. The number of nitrogens with zero attached hydrogens (tertiary/aromatic N) is 1. The van der Waals surface area contributed by atoms with Gasteiger partial charge in [-0.25, -0.2) is 0 Å². The summed E-state index contributed by atoms with van der Waals surface area (Å²) in [5, 5.41) is 13.8. The summed E-state index contributed by atoms with van der Waals surface area (Å²) in [6.45, 7) is 4.49. The third-order valence-corrected chi connectivity index (χ3v) is 11.1. The topological polar surface area (TPSA) is 108 Å². The van der Waals surface area contributed by atoms with Gasteiger partial charge in [0.1, 0.15) is 13.2 Å². The Morgan fingerprint density at radius 3 is 1.48 bits per heavy atom. The van der Waals surface area contributed by atoms with Crippen molar-refractivity contribution in [3.8, 4) is 0 Å². The van der Waals surface area contributed by atoms with E-state index in [1.54, 1.807) is 6.08 Å². The first-order chi connectivity index (χ1) is 29.0. The number of phosphoric acid groups is 1. The van der Waals surface area contributed by atoms with E-state index in [1.165, 1.54) is 83.5 Å². The van der Waals surface area contributed by atoms with Gasteiger partial charge < -0.3 is 28.8 Å². The van der Waals surface area contributed by atoms with Crippen molar-refractivity contribution in [3.63, 3.8) is 0 Å². The average Bonchev–Trinajstić information content (AvgIpc) is 3.20. The number of aliphatic hydroxyl groups excluding tert-OH is 1. The van der Waals surface area contributed by atoms with Gasteiger partial charge in [-0.15, -0.1) is 0 Å². The summed E-state index contributed by atoms with van der Waals surface area (Å²) in [4.78, 5) is 25.3. The summed E-state index contributed by atoms with van der Waals surface area (Å²) >= 11 is 0. The van der Waals surface area contributed by atoms with Crippen LogP contribution in [-0.2, 0) is 18.4 Å². The van der Waals surface area contributed by atoms with Crippen molar-refractivity contribution in [3.05, 3.63) is 85.1 Å². The first-order valence-corrected chi connectivity index (χ1v) is 25.4. The Morgan fingerprint density at radius 1 is 0.600 bits per heavy atom. The van der Waals surface area contributed by atoms with Crippen molar-refractivity contribution in [1.82, 2.24) is 5.32 Å². The molecule has 3 atom stereocenters. The SMILES string of the molecule is CC/C=C\C/C=C\C/C=C\C/C=C\C/C=C\C/C=C\CCCCC(=O)NC(COP(=O)([O-])OCC[N+](C)(C)C)C(O)/C=C/CCCCCCCCCCCCCCCCC. The van der Waals surface area contributed by atoms with E-state index in [9.17, 15) is 19.4 Å². The zero-order valence-electron chi connectivity index (χ0n) is 39.1. The molecule has 9 heteroatoms. The van der Waals surface area contributed by atoms with Gasteiger partial charge in [-0.2, -0.15) is 0 Å². The van der Waals surface area contributed by atoms with Gasteiger partial charge in [-0.3, -0.25) is 9.36 Å². The number of carbonyl (C=O) groups excluding carboxylic acids is 1. The maximum absolute atomic E-state index is 12.9. The molecule has 0 fully saturated rings. The van der Waals surface area contributed by atoms with Crippen LogP contribution in [0.4, 0.5) is 0 Å². The minimum atomic E-state index is -4.61. The van der Waals surface area contributed by atoms with E-state index in [4.69, 9.17) is 9.05 Å². The number of rotatable bonds is 42. The maximum Gasteiger partial charge on any atom is 0.268 e. The number of phosphoric ester groups is 1. The predicted octanol–water partition coefficient (Wildman–Crippen LogP) is 13.1. The van der Waals surface area contributed by atoms with Crippen LogP contribution in [-0.4, -0.2) is 68.5 Å². The monoisotopic (exact) mass is 859 g/mol. The molecule has 0 saturated carbocycles. The second-order valence-corrected chi connectivity index (χ2v) is 18.5. The molecule has 2 N–H and O–H groups in total. The molecule has 1 amide bonds. The van der Waals surface area contributed by atoms with Gasteiger partial charge in [0.2, 0.25) is 5.91 Å². The Bertz CT molecular complexity index is 1250. The van der Waals surface area contributed by atoms with E-state index in [0.717, 1.165) is 70.6 Å². The largest absolute Gasteiger partial charge is 0.756 e. The van der Waals surface area contributed by atoms with Crippen LogP contribution in [0.25, 0.3) is 0 Å². The number of unbranched alkanes of at least 4 members (excludes halogenated alkanes) is 17. The molecule has 3 unspecified atom stereocenters. The van der Waals surface area contributed by atoms with Gasteiger partial charge in [0, 0.05) is 6.42 Å². The molecule has 0 aromatic heterocycles. The van der Waals surface area contributed by atoms with E-state index in [2.05, 4.69) is 92.1 Å². The molecule has 0 radical (unpaired) electrons. The molecule has 0 aromatic carbocycles. The van der Waals surface area contributed by atoms with Gasteiger partial charge >= 0.3 is 0 Å². The second-order valence-electron chi connectivity index (χ2n) is 17.1. The fraction of sp³-hybridized carbons (Fsp3) is 0.706. The van der Waals surface area contributed by atoms with Crippen LogP contribution in [0.15, 0.2) is 85.1 Å². The van der Waals surface area contributed by atoms with Gasteiger partial charge in [-0.05, 0) is 70.6 Å². The summed E-state index contributed by atoms with van der Waals surface area (Å²) in [5.41, 5.74) is 0. The number of amides is 1. The molecule has 0 heterocycles. The standard InChI is InChI=1S/C51H91N2O6P/c1-6-8-10-12-14-16-18-20-22-24-25-26-27-29-31-33-35-37-39-41-43-45-51(55)52-49(48-59-60(56,57)58-47-46-53(3,4)5)50(54)44-42-40-38-36-34-32-30-28-23-21-19-17-15-13-11-9-7-2/h8,10,14,16,20,22,25-26,29,31,35,37,42,44,49-50,54H,6-7,9,11-13,15,17-19,21,23-24,27-28,30,32-34,36,38-41,43,45-48H2,1-5H3,(H-,52,55,56,57)/b10-8-,16-14-,22-20-,26-25-,31-29-,37-35-,44-42+. The lowest BCUT2D eigenvalue weighted by Gasteiger charge is -2.29. The number of nitrogens with one attached hydrogen (secondary N) is 1. The number of aliphatic hydroxyl groups is 1. The minimum absolute atomic E-state index is 0.0141. The second kappa shape index (κ2) is 42.0. The molecule has 0 aliphatic carbocycles. The van der Waals surface area contributed by atoms with E-state index in [-0.39, 0.29) is 18.9 Å². The third-order valence-electron chi connectivity index (χ3n) is 10.1. The number of likely N-dealkylation sites (N-methyl/N-ethyl adjacent to an activating group) is 1. The lowest BCUT2D eigenvalue weighted by Crippen LogP contribution is -2.45. The summed E-state index contributed by atoms with van der Waals surface area (Å²) < 4.78 is 23.2. The van der Waals surface area contributed by atoms with Crippen LogP contribution in [0.2, 0.25) is 0 Å². The van der Waals surface area contributed by atoms with Crippen LogP contribution < -0.4 is 10.2 Å². The first-order valence-electron chi connectivity index (χ1n) is 23.9. The number of hydrogen-bond donors (Lipinski definition) is 2. The highest BCUT2D eigenvalue weighted by Crippen LogP contribution is 2.38. The molecular weight excluding hydrogens is 768 g/mol. The highest BCUT2D eigenvalue weighted by Gasteiger charge is 2.23. The van der Waals surface area contributed by atoms with Gasteiger partial charge in [-0.1, -0.05) is 189 Å². The Labute approximate surface area is 369 Å². The fourth-order valence-corrected chi connectivity index (χ4v) is 7.05. The van der Waals surface area contributed by atoms with Gasteiger partial charge in [0.25, 0.3) is 7.82 Å². The van der Waals surface area contributed by atoms with Crippen molar-refractivity contribution in [2.45, 2.75) is 193 Å². The van der Waals surface area contributed by atoms with Crippen LogP contribution >= 0.6 is 7.82 Å². The Kier molecular flexibility index (Phi) is 40.4. The molecule has 0 rings (SSSR count). The minimum Gasteiger partial charge on any atom is -0.756 e. The summed E-state index contributed by atoms with van der Waals surface area (Å²) in [6, 6.07) is -0.914. The summed E-state index contributed by atoms with van der Waals surface area (Å²) in [7, 11) is 1.22. The summed E-state index contributed by atoms with van der Waals surface area (Å²) in [6.07, 6.45) is 57.7. The molecule has 0 spiro atoms. The molecule has 0 bridgehead atoms. The lowest BCUT2D eigenvalue weighted by atomic mass is 10.0. The zero-order chi connectivity index (χ0) is 44.3. The van der Waals surface area contributed by atoms with Crippen molar-refractivity contribution in [1.29, 1.82) is 0 Å². The molecule has 0 aliphatic heterocycles. The van der Waals surface area contributed by atoms with Crippen molar-refractivity contribution in [2.24, 2.45) is 0 Å². The number of carbonyl (C=O) groups is 1. The molecule has 8 nitrogen and oxygen atoms in total. The molecule has 60 heavy (non-hydrogen) atoms. The predicted molar refractivity (Wildman–Crippen MR) is 256 cm³/mol. The van der Waals surface area contributed by atoms with E-state index >= 15 is 0 Å². The Morgan fingerprint density at radius 2 is 1.02 bits per heavy atom. The molecule has 346 valence electrons. The third kappa shape index (κ3) is 43.8. The summed E-state index contributed by atoms with van der Waals surface area (Å²) in [5.74, 6) is -0.243. The van der Waals surface area contributed by atoms with Crippen LogP contribution in [0.5, 0.6) is 0 Å². The van der Waals surface area contributed by atoms with Crippen molar-refractivity contribution in [2.75, 3.05) is 40.9 Å². The zero-order valence-corrected chi connectivity index (χ0v) is 40.0. The smallest absolute Gasteiger partial charge is 0.268 e. The van der Waals surface area contributed by atoms with E-state index < -0.39 is 26.6 Å². The van der Waals surface area contributed by atoms with Crippen LogP contribution in [0, 0.1) is 0 Å². The van der Waals surface area contributed by atoms with Crippen molar-refractivity contribution >= 4 is 13.7 Å². The molecule has 0 aromatic rings. The van der Waals surface area contributed by atoms with Gasteiger partial charge in [0.05, 0.1) is 39.9 Å². The van der Waals surface area contributed by atoms with Crippen molar-refractivity contribution < 1.29 is 32.9 Å². The maximum atomic E-state index is 12.9. The molecule has 0 aliphatic rings. The Hall–Kier alpha value is -2.32. The fourth-order valence-electron chi connectivity index (χ4n) is 6.33. The Balaban J connectivity index is 4.49. The van der Waals surface area contributed by atoms with E-state index in [1.807, 2.05) is 27.2 Å². The number of allylic oxidation sites excluding steroid dienone is 13. The average molecular weight is 859 g/mol. The quantitative estimate of drug-likeness (QED) is 0.0274. The van der Waals surface area contributed by atoms with E-state index in [0.29, 0.717) is 17.4 Å². The van der Waals surface area contributed by atoms with Crippen LogP contribution in [0.1, 0.15) is 181 Å². The molecular formula is C51H91N2O6P. The lowest BCUT2D eigenvalue weighted by molar-refractivity contribution is -0.870. The first kappa shape index (κ1) is 57.7. The van der Waals surface area contributed by atoms with Crippen LogP contribution in [0.3, 0.4) is 0 Å². The normalized spacial score (nSPS) is 15.0.